The van der Waals surface area contributed by atoms with Gasteiger partial charge in [-0.1, -0.05) is 84.1 Å². The third kappa shape index (κ3) is 5.28. The number of nitrogens with zero attached hydrogens (tertiary/aromatic N) is 1. The zero-order valence-electron chi connectivity index (χ0n) is 15.0. The maximum atomic E-state index is 12.6. The Morgan fingerprint density at radius 3 is 2.56 bits per heavy atom. The monoisotopic (exact) mass is 396 g/mol. The van der Waals surface area contributed by atoms with Crippen molar-refractivity contribution in [2.45, 2.75) is 19.9 Å². The average molecular weight is 397 g/mol. The van der Waals surface area contributed by atoms with E-state index in [1.165, 1.54) is 22.2 Å². The highest BCUT2D eigenvalue weighted by Gasteiger charge is 2.31. The van der Waals surface area contributed by atoms with E-state index in [1.54, 1.807) is 0 Å². The fourth-order valence-electron chi connectivity index (χ4n) is 2.60. The summed E-state index contributed by atoms with van der Waals surface area (Å²) in [6.07, 6.45) is 2.05. The molecule has 0 aliphatic carbocycles. The molecule has 0 saturated carbocycles. The first-order valence-corrected chi connectivity index (χ1v) is 9.88. The highest BCUT2D eigenvalue weighted by molar-refractivity contribution is 8.26. The molecule has 1 saturated heterocycles. The molecule has 0 bridgehead atoms. The molecule has 0 radical (unpaired) electrons. The predicted molar refractivity (Wildman–Crippen MR) is 114 cm³/mol. The van der Waals surface area contributed by atoms with Crippen LogP contribution < -0.4 is 5.32 Å². The summed E-state index contributed by atoms with van der Waals surface area (Å²) in [5, 5.41) is 2.88. The van der Waals surface area contributed by atoms with Crippen LogP contribution in [0, 0.1) is 6.92 Å². The van der Waals surface area contributed by atoms with Crippen molar-refractivity contribution in [1.29, 1.82) is 0 Å². The number of amides is 2. The minimum Gasteiger partial charge on any atom is -0.352 e. The van der Waals surface area contributed by atoms with Gasteiger partial charge in [-0.3, -0.25) is 14.5 Å². The minimum atomic E-state index is -0.139. The summed E-state index contributed by atoms with van der Waals surface area (Å²) in [7, 11) is 0. The molecule has 3 rings (SSSR count). The van der Waals surface area contributed by atoms with Crippen LogP contribution in [0.5, 0.6) is 0 Å². The summed E-state index contributed by atoms with van der Waals surface area (Å²) in [5.41, 5.74) is 3.18. The van der Waals surface area contributed by atoms with E-state index >= 15 is 0 Å². The summed E-state index contributed by atoms with van der Waals surface area (Å²) in [5.74, 6) is -0.239. The number of hydrogen-bond donors (Lipinski definition) is 1. The molecule has 27 heavy (non-hydrogen) atoms. The van der Waals surface area contributed by atoms with Gasteiger partial charge in [0.15, 0.2) is 0 Å². The number of rotatable bonds is 6. The number of nitrogens with one attached hydrogen (secondary N) is 1. The van der Waals surface area contributed by atoms with Gasteiger partial charge in [-0.05, 0) is 24.1 Å². The second-order valence-electron chi connectivity index (χ2n) is 6.26. The lowest BCUT2D eigenvalue weighted by atomic mass is 10.1. The van der Waals surface area contributed by atoms with Gasteiger partial charge in [0.05, 0.1) is 4.91 Å². The first-order valence-electron chi connectivity index (χ1n) is 8.65. The van der Waals surface area contributed by atoms with E-state index in [-0.39, 0.29) is 24.8 Å². The minimum absolute atomic E-state index is 0.100. The molecule has 0 spiro atoms. The van der Waals surface area contributed by atoms with Gasteiger partial charge >= 0.3 is 0 Å². The maximum Gasteiger partial charge on any atom is 0.266 e. The molecule has 6 heteroatoms. The van der Waals surface area contributed by atoms with E-state index in [9.17, 15) is 9.59 Å². The lowest BCUT2D eigenvalue weighted by Gasteiger charge is -2.14. The van der Waals surface area contributed by atoms with Crippen LogP contribution in [0.3, 0.4) is 0 Å². The van der Waals surface area contributed by atoms with E-state index in [0.717, 1.165) is 11.1 Å². The largest absolute Gasteiger partial charge is 0.352 e. The van der Waals surface area contributed by atoms with Crippen molar-refractivity contribution in [3.05, 3.63) is 76.2 Å². The molecule has 1 aliphatic rings. The summed E-state index contributed by atoms with van der Waals surface area (Å²) < 4.78 is 0.494. The third-order valence-corrected chi connectivity index (χ3v) is 5.52. The Kier molecular flexibility index (Phi) is 6.42. The summed E-state index contributed by atoms with van der Waals surface area (Å²) in [4.78, 5) is 26.8. The van der Waals surface area contributed by atoms with Gasteiger partial charge in [0.25, 0.3) is 5.91 Å². The average Bonchev–Trinajstić information content (AvgIpc) is 2.93. The zero-order chi connectivity index (χ0) is 19.2. The van der Waals surface area contributed by atoms with Crippen LogP contribution in [0.1, 0.15) is 23.1 Å². The van der Waals surface area contributed by atoms with E-state index in [4.69, 9.17) is 12.2 Å². The van der Waals surface area contributed by atoms with Crippen molar-refractivity contribution in [2.75, 3.05) is 6.54 Å². The van der Waals surface area contributed by atoms with Crippen LogP contribution in [0.4, 0.5) is 0 Å². The Labute approximate surface area is 168 Å². The molecule has 0 atom stereocenters. The first-order chi connectivity index (χ1) is 13.0. The van der Waals surface area contributed by atoms with E-state index in [0.29, 0.717) is 15.8 Å². The number of benzene rings is 2. The number of thiocarbonyl (C=S) groups is 1. The van der Waals surface area contributed by atoms with Crippen LogP contribution in [0.2, 0.25) is 0 Å². The zero-order valence-corrected chi connectivity index (χ0v) is 16.6. The maximum absolute atomic E-state index is 12.6. The smallest absolute Gasteiger partial charge is 0.266 e. The van der Waals surface area contributed by atoms with Gasteiger partial charge in [0.1, 0.15) is 4.32 Å². The molecule has 1 fully saturated rings. The molecule has 1 heterocycles. The van der Waals surface area contributed by atoms with Crippen LogP contribution in [0.15, 0.2) is 59.5 Å². The van der Waals surface area contributed by atoms with Crippen molar-refractivity contribution in [2.24, 2.45) is 0 Å². The summed E-state index contributed by atoms with van der Waals surface area (Å²) in [6.45, 7) is 2.79. The Morgan fingerprint density at radius 2 is 1.85 bits per heavy atom. The Hall–Kier alpha value is -2.44. The molecule has 0 unspecified atom stereocenters. The number of carbonyl (C=O) groups is 2. The molecule has 4 nitrogen and oxygen atoms in total. The first kappa shape index (κ1) is 19.3. The van der Waals surface area contributed by atoms with Crippen molar-refractivity contribution in [3.8, 4) is 0 Å². The molecule has 2 aromatic carbocycles. The molecule has 2 aromatic rings. The standard InChI is InChI=1S/C21H20N2O2S2/c1-15-7-9-17(10-8-15)14-22-19(24)11-12-23-20(25)18(27-21(23)26)13-16-5-3-2-4-6-16/h2-10,13H,11-12,14H2,1H3,(H,22,24)/b18-13-. The molecular formula is C21H20N2O2S2. The van der Waals surface area contributed by atoms with Crippen molar-refractivity contribution < 1.29 is 9.59 Å². The van der Waals surface area contributed by atoms with Crippen LogP contribution in [0.25, 0.3) is 6.08 Å². The van der Waals surface area contributed by atoms with Gasteiger partial charge in [0, 0.05) is 19.5 Å². The molecule has 0 aromatic heterocycles. The van der Waals surface area contributed by atoms with E-state index in [2.05, 4.69) is 5.32 Å². The SMILES string of the molecule is Cc1ccc(CNC(=O)CCN2C(=O)/C(=C/c3ccccc3)SC2=S)cc1. The predicted octanol–water partition coefficient (Wildman–Crippen LogP) is 3.90. The fraction of sp³-hybridized carbons (Fsp3) is 0.190. The lowest BCUT2D eigenvalue weighted by Crippen LogP contribution is -2.33. The Bertz CT molecular complexity index is 877. The van der Waals surface area contributed by atoms with Gasteiger partial charge in [0.2, 0.25) is 5.91 Å². The van der Waals surface area contributed by atoms with E-state index < -0.39 is 0 Å². The Morgan fingerprint density at radius 1 is 1.15 bits per heavy atom. The third-order valence-electron chi connectivity index (χ3n) is 4.14. The molecular weight excluding hydrogens is 376 g/mol. The number of thioether (sulfide) groups is 1. The van der Waals surface area contributed by atoms with Crippen molar-refractivity contribution in [3.63, 3.8) is 0 Å². The highest BCUT2D eigenvalue weighted by Crippen LogP contribution is 2.32. The highest BCUT2D eigenvalue weighted by atomic mass is 32.2. The lowest BCUT2D eigenvalue weighted by molar-refractivity contribution is -0.123. The van der Waals surface area contributed by atoms with Gasteiger partial charge in [-0.2, -0.15) is 0 Å². The molecule has 1 aliphatic heterocycles. The van der Waals surface area contributed by atoms with Crippen molar-refractivity contribution >= 4 is 46.2 Å². The van der Waals surface area contributed by atoms with Crippen molar-refractivity contribution in [1.82, 2.24) is 10.2 Å². The van der Waals surface area contributed by atoms with Crippen LogP contribution >= 0.6 is 24.0 Å². The van der Waals surface area contributed by atoms with E-state index in [1.807, 2.05) is 67.6 Å². The fourth-order valence-corrected chi connectivity index (χ4v) is 3.91. The molecule has 1 N–H and O–H groups in total. The second kappa shape index (κ2) is 8.97. The topological polar surface area (TPSA) is 49.4 Å². The molecule has 2 amide bonds. The normalized spacial score (nSPS) is 15.4. The number of hydrogen-bond acceptors (Lipinski definition) is 4. The quantitative estimate of drug-likeness (QED) is 0.594. The van der Waals surface area contributed by atoms with Gasteiger partial charge in [-0.25, -0.2) is 0 Å². The summed E-state index contributed by atoms with van der Waals surface area (Å²) in [6, 6.07) is 17.7. The van der Waals surface area contributed by atoms with Gasteiger partial charge in [-0.15, -0.1) is 0 Å². The molecule has 138 valence electrons. The van der Waals surface area contributed by atoms with Crippen LogP contribution in [-0.2, 0) is 16.1 Å². The Balaban J connectivity index is 1.52. The summed E-state index contributed by atoms with van der Waals surface area (Å²) >= 11 is 6.59. The van der Waals surface area contributed by atoms with Crippen LogP contribution in [-0.4, -0.2) is 27.6 Å². The van der Waals surface area contributed by atoms with Gasteiger partial charge < -0.3 is 5.32 Å². The number of aryl methyl sites for hydroxylation is 1. The second-order valence-corrected chi connectivity index (χ2v) is 7.93. The number of carbonyl (C=O) groups excluding carboxylic acids is 2.